The van der Waals surface area contributed by atoms with Crippen LogP contribution < -0.4 is 0 Å². The molecule has 0 aliphatic heterocycles. The zero-order valence-electron chi connectivity index (χ0n) is 14.2. The molecular formula is C19H20N4S2. The Labute approximate surface area is 156 Å². The van der Waals surface area contributed by atoms with Crippen LogP contribution in [0.5, 0.6) is 0 Å². The fourth-order valence-corrected chi connectivity index (χ4v) is 4.47. The van der Waals surface area contributed by atoms with Gasteiger partial charge in [-0.15, -0.1) is 28.1 Å². The third kappa shape index (κ3) is 3.70. The molecule has 0 saturated heterocycles. The number of thioether (sulfide) groups is 1. The van der Waals surface area contributed by atoms with E-state index in [0.717, 1.165) is 34.0 Å². The maximum absolute atomic E-state index is 4.78. The topological polar surface area (TPSA) is 43.6 Å². The molecule has 0 unspecified atom stereocenters. The molecule has 1 aliphatic rings. The Bertz CT molecular complexity index is 875. The maximum atomic E-state index is 4.78. The average Bonchev–Trinajstić information content (AvgIpc) is 3.22. The van der Waals surface area contributed by atoms with Gasteiger partial charge < -0.3 is 4.57 Å². The van der Waals surface area contributed by atoms with Gasteiger partial charge in [-0.05, 0) is 19.8 Å². The number of allylic oxidation sites excluding steroid dienone is 1. The second kappa shape index (κ2) is 7.14. The predicted octanol–water partition coefficient (Wildman–Crippen LogP) is 5.07. The molecule has 0 radical (unpaired) electrons. The van der Waals surface area contributed by atoms with Crippen LogP contribution in [0.3, 0.4) is 0 Å². The monoisotopic (exact) mass is 368 g/mol. The molecule has 0 amide bonds. The Morgan fingerprint density at radius 3 is 2.80 bits per heavy atom. The molecule has 128 valence electrons. The minimum atomic E-state index is 0.592. The van der Waals surface area contributed by atoms with Crippen molar-refractivity contribution in [2.45, 2.75) is 43.1 Å². The fraction of sp³-hybridized carbons (Fsp3) is 0.316. The first-order valence-corrected chi connectivity index (χ1v) is 10.3. The highest BCUT2D eigenvalue weighted by Crippen LogP contribution is 2.40. The van der Waals surface area contributed by atoms with Crippen LogP contribution in [0.1, 0.15) is 35.8 Å². The summed E-state index contributed by atoms with van der Waals surface area (Å²) < 4.78 is 2.20. The van der Waals surface area contributed by atoms with Gasteiger partial charge in [0.2, 0.25) is 0 Å². The Hall–Kier alpha value is -1.92. The van der Waals surface area contributed by atoms with Gasteiger partial charge in [0, 0.05) is 29.2 Å². The van der Waals surface area contributed by atoms with Crippen molar-refractivity contribution in [1.29, 1.82) is 0 Å². The van der Waals surface area contributed by atoms with Crippen molar-refractivity contribution in [2.24, 2.45) is 0 Å². The molecule has 2 aromatic heterocycles. The van der Waals surface area contributed by atoms with Crippen molar-refractivity contribution in [2.75, 3.05) is 0 Å². The van der Waals surface area contributed by atoms with Gasteiger partial charge in [0.15, 0.2) is 5.16 Å². The lowest BCUT2D eigenvalue weighted by Crippen LogP contribution is -2.02. The Morgan fingerprint density at radius 2 is 2.08 bits per heavy atom. The molecule has 0 spiro atoms. The first-order valence-electron chi connectivity index (χ1n) is 8.43. The standard InChI is InChI=1S/C19H20N4S2/c1-3-10-23-17(14-8-9-14)21-22-19(23)25-12-16-11-24-18(20-16)15-6-4-13(2)5-7-15/h3-7,11,14H,1,8-10,12H2,2H3. The van der Waals surface area contributed by atoms with E-state index in [1.165, 1.54) is 24.0 Å². The number of hydrogen-bond donors (Lipinski definition) is 0. The minimum absolute atomic E-state index is 0.592. The summed E-state index contributed by atoms with van der Waals surface area (Å²) in [5.74, 6) is 2.51. The lowest BCUT2D eigenvalue weighted by molar-refractivity contribution is 0.681. The molecule has 3 aromatic rings. The normalized spacial score (nSPS) is 14.0. The van der Waals surface area contributed by atoms with Crippen LogP contribution in [0, 0.1) is 6.92 Å². The van der Waals surface area contributed by atoms with Crippen LogP contribution in [-0.4, -0.2) is 19.7 Å². The van der Waals surface area contributed by atoms with E-state index in [1.54, 1.807) is 23.1 Å². The molecule has 25 heavy (non-hydrogen) atoms. The number of aryl methyl sites for hydroxylation is 1. The molecule has 4 nitrogen and oxygen atoms in total. The lowest BCUT2D eigenvalue weighted by atomic mass is 10.2. The molecule has 0 atom stereocenters. The van der Waals surface area contributed by atoms with Gasteiger partial charge in [-0.2, -0.15) is 0 Å². The summed E-state index contributed by atoms with van der Waals surface area (Å²) in [6, 6.07) is 8.52. The molecule has 0 bridgehead atoms. The van der Waals surface area contributed by atoms with E-state index in [9.17, 15) is 0 Å². The van der Waals surface area contributed by atoms with Crippen molar-refractivity contribution in [1.82, 2.24) is 19.7 Å². The highest BCUT2D eigenvalue weighted by molar-refractivity contribution is 7.98. The van der Waals surface area contributed by atoms with Gasteiger partial charge in [-0.1, -0.05) is 47.7 Å². The third-order valence-corrected chi connectivity index (χ3v) is 6.14. The van der Waals surface area contributed by atoms with E-state index >= 15 is 0 Å². The lowest BCUT2D eigenvalue weighted by Gasteiger charge is -2.06. The van der Waals surface area contributed by atoms with E-state index in [4.69, 9.17) is 4.98 Å². The first-order chi connectivity index (χ1) is 12.2. The number of rotatable bonds is 7. The van der Waals surface area contributed by atoms with E-state index in [1.807, 2.05) is 6.08 Å². The molecular weight excluding hydrogens is 348 g/mol. The van der Waals surface area contributed by atoms with Crippen LogP contribution >= 0.6 is 23.1 Å². The number of thiazole rings is 1. The molecule has 1 aliphatic carbocycles. The van der Waals surface area contributed by atoms with Crippen LogP contribution in [0.15, 0.2) is 47.5 Å². The predicted molar refractivity (Wildman–Crippen MR) is 104 cm³/mol. The van der Waals surface area contributed by atoms with E-state index in [0.29, 0.717) is 5.92 Å². The number of aromatic nitrogens is 4. The van der Waals surface area contributed by atoms with Crippen LogP contribution in [0.2, 0.25) is 0 Å². The molecule has 1 saturated carbocycles. The highest BCUT2D eigenvalue weighted by atomic mass is 32.2. The SMILES string of the molecule is C=CCn1c(SCc2csc(-c3ccc(C)cc3)n2)nnc1C1CC1. The molecule has 6 heteroatoms. The molecule has 1 fully saturated rings. The third-order valence-electron chi connectivity index (χ3n) is 4.20. The summed E-state index contributed by atoms with van der Waals surface area (Å²) in [4.78, 5) is 4.78. The summed E-state index contributed by atoms with van der Waals surface area (Å²) in [6.07, 6.45) is 4.37. The van der Waals surface area contributed by atoms with Crippen molar-refractivity contribution in [3.05, 3.63) is 59.4 Å². The maximum Gasteiger partial charge on any atom is 0.191 e. The van der Waals surface area contributed by atoms with Gasteiger partial charge >= 0.3 is 0 Å². The second-order valence-electron chi connectivity index (χ2n) is 6.31. The largest absolute Gasteiger partial charge is 0.302 e. The van der Waals surface area contributed by atoms with Crippen molar-refractivity contribution in [3.63, 3.8) is 0 Å². The molecule has 4 rings (SSSR count). The van der Waals surface area contributed by atoms with Gasteiger partial charge in [0.1, 0.15) is 10.8 Å². The van der Waals surface area contributed by atoms with Crippen LogP contribution in [0.4, 0.5) is 0 Å². The average molecular weight is 369 g/mol. The van der Waals surface area contributed by atoms with E-state index in [-0.39, 0.29) is 0 Å². The summed E-state index contributed by atoms with van der Waals surface area (Å²) in [6.45, 7) is 6.73. The quantitative estimate of drug-likeness (QED) is 0.431. The summed E-state index contributed by atoms with van der Waals surface area (Å²) in [5, 5.41) is 13.0. The molecule has 0 N–H and O–H groups in total. The summed E-state index contributed by atoms with van der Waals surface area (Å²) in [5.41, 5.74) is 3.54. The van der Waals surface area contributed by atoms with Crippen molar-refractivity contribution in [3.8, 4) is 10.6 Å². The van der Waals surface area contributed by atoms with Gasteiger partial charge in [-0.25, -0.2) is 4.98 Å². The van der Waals surface area contributed by atoms with Gasteiger partial charge in [0.25, 0.3) is 0 Å². The second-order valence-corrected chi connectivity index (χ2v) is 8.11. The molecule has 2 heterocycles. The highest BCUT2D eigenvalue weighted by Gasteiger charge is 2.30. The van der Waals surface area contributed by atoms with E-state index < -0.39 is 0 Å². The molecule has 1 aromatic carbocycles. The number of hydrogen-bond acceptors (Lipinski definition) is 5. The Balaban J connectivity index is 1.47. The zero-order chi connectivity index (χ0) is 17.2. The number of benzene rings is 1. The van der Waals surface area contributed by atoms with Crippen molar-refractivity contribution < 1.29 is 0 Å². The Morgan fingerprint density at radius 1 is 1.28 bits per heavy atom. The Kier molecular flexibility index (Phi) is 4.72. The van der Waals surface area contributed by atoms with Crippen molar-refractivity contribution >= 4 is 23.1 Å². The first kappa shape index (κ1) is 16.5. The zero-order valence-corrected chi connectivity index (χ0v) is 15.8. The van der Waals surface area contributed by atoms with Crippen LogP contribution in [-0.2, 0) is 12.3 Å². The van der Waals surface area contributed by atoms with Crippen LogP contribution in [0.25, 0.3) is 10.6 Å². The summed E-state index contributed by atoms with van der Waals surface area (Å²) in [7, 11) is 0. The van der Waals surface area contributed by atoms with Gasteiger partial charge in [-0.3, -0.25) is 0 Å². The van der Waals surface area contributed by atoms with E-state index in [2.05, 4.69) is 57.9 Å². The summed E-state index contributed by atoms with van der Waals surface area (Å²) >= 11 is 3.40. The minimum Gasteiger partial charge on any atom is -0.302 e. The smallest absolute Gasteiger partial charge is 0.191 e. The number of nitrogens with zero attached hydrogens (tertiary/aromatic N) is 4. The van der Waals surface area contributed by atoms with Gasteiger partial charge in [0.05, 0.1) is 5.69 Å². The fourth-order valence-electron chi connectivity index (χ4n) is 2.69.